The Balaban J connectivity index is 3.71. The quantitative estimate of drug-likeness (QED) is 0.0240. The van der Waals surface area contributed by atoms with Crippen LogP contribution in [-0.2, 0) is 27.9 Å². The van der Waals surface area contributed by atoms with Gasteiger partial charge in [-0.05, 0) is 96.3 Å². The minimum Gasteiger partial charge on any atom is -0.463 e. The highest BCUT2D eigenvalue weighted by atomic mass is 31.2. The van der Waals surface area contributed by atoms with Crippen LogP contribution in [0.4, 0.5) is 0 Å². The second-order valence-electron chi connectivity index (χ2n) is 14.3. The van der Waals surface area contributed by atoms with E-state index in [1.54, 1.807) is 0 Å². The number of unbranched alkanes of at least 4 members (excludes halogenated alkanes) is 9. The molecule has 0 radical (unpaired) electrons. The molecular formula is C49H80NO8P. The van der Waals surface area contributed by atoms with Crippen LogP contribution in [0.25, 0.3) is 0 Å². The van der Waals surface area contributed by atoms with Crippen molar-refractivity contribution in [1.29, 1.82) is 0 Å². The number of aliphatic hydroxyl groups excluding tert-OH is 1. The standard InChI is InChI=1S/C49H80NO8P/c1-3-5-7-9-11-13-15-17-19-20-21-22-23-24-25-26-28-30-32-34-36-38-40-42-49(53)56-45-47(51)46-58-59(54,55)57-44-43-50-48(52)41-39-37-35-33-31-29-27-18-16-14-12-10-8-6-4-2/h5-8,11-14,17-19,21-22,24-25,27-28,30,47,51H,3-4,9-10,15-16,20,23,26,29,31-46H2,1-2H3,(H,50,52)(H,54,55)/b7-5-,8-6-,13-11-,14-12-,19-17-,22-21-,25-24-,27-18-,30-28-. The molecule has 0 spiro atoms. The number of hydrogen-bond acceptors (Lipinski definition) is 7. The lowest BCUT2D eigenvalue weighted by molar-refractivity contribution is -0.147. The molecular weight excluding hydrogens is 762 g/mol. The van der Waals surface area contributed by atoms with Crippen LogP contribution >= 0.6 is 7.82 Å². The Morgan fingerprint density at radius 2 is 0.915 bits per heavy atom. The molecule has 3 N–H and O–H groups in total. The predicted molar refractivity (Wildman–Crippen MR) is 247 cm³/mol. The van der Waals surface area contributed by atoms with Crippen molar-refractivity contribution >= 4 is 19.7 Å². The number of allylic oxidation sites excluding steroid dienone is 18. The highest BCUT2D eigenvalue weighted by Crippen LogP contribution is 2.42. The van der Waals surface area contributed by atoms with E-state index in [2.05, 4.69) is 129 Å². The van der Waals surface area contributed by atoms with Gasteiger partial charge in [-0.1, -0.05) is 155 Å². The van der Waals surface area contributed by atoms with Crippen LogP contribution in [0.1, 0.15) is 155 Å². The second kappa shape index (κ2) is 44.2. The van der Waals surface area contributed by atoms with E-state index in [0.29, 0.717) is 12.8 Å². The van der Waals surface area contributed by atoms with E-state index in [0.717, 1.165) is 122 Å². The molecule has 334 valence electrons. The van der Waals surface area contributed by atoms with E-state index in [1.165, 1.54) is 0 Å². The Hall–Kier alpha value is -3.33. The molecule has 0 saturated heterocycles. The van der Waals surface area contributed by atoms with Gasteiger partial charge in [0.2, 0.25) is 5.91 Å². The normalized spacial score (nSPS) is 14.3. The summed E-state index contributed by atoms with van der Waals surface area (Å²) >= 11 is 0. The molecule has 0 fully saturated rings. The minimum atomic E-state index is -4.44. The van der Waals surface area contributed by atoms with Crippen molar-refractivity contribution in [1.82, 2.24) is 5.32 Å². The molecule has 0 aliphatic heterocycles. The van der Waals surface area contributed by atoms with E-state index < -0.39 is 26.5 Å². The predicted octanol–water partition coefficient (Wildman–Crippen LogP) is 12.8. The maximum absolute atomic E-state index is 12.1. The molecule has 0 heterocycles. The van der Waals surface area contributed by atoms with Crippen molar-refractivity contribution in [2.75, 3.05) is 26.4 Å². The third kappa shape index (κ3) is 45.6. The van der Waals surface area contributed by atoms with Crippen LogP contribution in [-0.4, -0.2) is 54.3 Å². The second-order valence-corrected chi connectivity index (χ2v) is 15.7. The van der Waals surface area contributed by atoms with Gasteiger partial charge in [0.15, 0.2) is 0 Å². The molecule has 0 aromatic rings. The summed E-state index contributed by atoms with van der Waals surface area (Å²) in [7, 11) is -4.44. The molecule has 2 unspecified atom stereocenters. The molecule has 10 heteroatoms. The number of amides is 1. The lowest BCUT2D eigenvalue weighted by Gasteiger charge is -2.15. The summed E-state index contributed by atoms with van der Waals surface area (Å²) in [6.45, 7) is 3.25. The van der Waals surface area contributed by atoms with Crippen molar-refractivity contribution in [3.63, 3.8) is 0 Å². The highest BCUT2D eigenvalue weighted by Gasteiger charge is 2.23. The highest BCUT2D eigenvalue weighted by molar-refractivity contribution is 7.47. The third-order valence-electron chi connectivity index (χ3n) is 8.70. The third-order valence-corrected chi connectivity index (χ3v) is 9.68. The Morgan fingerprint density at radius 3 is 1.37 bits per heavy atom. The van der Waals surface area contributed by atoms with Gasteiger partial charge >= 0.3 is 13.8 Å². The van der Waals surface area contributed by atoms with Crippen LogP contribution in [0.15, 0.2) is 109 Å². The summed E-state index contributed by atoms with van der Waals surface area (Å²) in [6, 6.07) is 0. The first-order valence-electron chi connectivity index (χ1n) is 22.4. The Kier molecular flexibility index (Phi) is 41.7. The van der Waals surface area contributed by atoms with Gasteiger partial charge in [-0.2, -0.15) is 0 Å². The summed E-state index contributed by atoms with van der Waals surface area (Å²) in [5, 5.41) is 12.7. The molecule has 0 rings (SSSR count). The fourth-order valence-electron chi connectivity index (χ4n) is 5.40. The van der Waals surface area contributed by atoms with E-state index >= 15 is 0 Å². The first-order valence-corrected chi connectivity index (χ1v) is 23.9. The molecule has 0 aliphatic carbocycles. The maximum atomic E-state index is 12.1. The first kappa shape index (κ1) is 55.7. The topological polar surface area (TPSA) is 131 Å². The average molecular weight is 842 g/mol. The number of phosphoric ester groups is 1. The lowest BCUT2D eigenvalue weighted by Crippen LogP contribution is -2.27. The van der Waals surface area contributed by atoms with Gasteiger partial charge in [-0.15, -0.1) is 0 Å². The Bertz CT molecular complexity index is 1330. The van der Waals surface area contributed by atoms with Crippen molar-refractivity contribution in [3.8, 4) is 0 Å². The summed E-state index contributed by atoms with van der Waals surface area (Å²) in [4.78, 5) is 33.9. The summed E-state index contributed by atoms with van der Waals surface area (Å²) < 4.78 is 26.9. The zero-order valence-electron chi connectivity index (χ0n) is 36.6. The van der Waals surface area contributed by atoms with Crippen LogP contribution in [0.5, 0.6) is 0 Å². The monoisotopic (exact) mass is 842 g/mol. The summed E-state index contributed by atoms with van der Waals surface area (Å²) in [5.41, 5.74) is 0. The zero-order valence-corrected chi connectivity index (χ0v) is 37.5. The van der Waals surface area contributed by atoms with Crippen LogP contribution in [0.2, 0.25) is 0 Å². The van der Waals surface area contributed by atoms with Crippen molar-refractivity contribution in [2.24, 2.45) is 0 Å². The molecule has 1 amide bonds. The largest absolute Gasteiger partial charge is 0.472 e. The van der Waals surface area contributed by atoms with Crippen LogP contribution in [0.3, 0.4) is 0 Å². The number of aliphatic hydroxyl groups is 1. The SMILES string of the molecule is CC/C=C\C/C=C\C/C=C\C/C=C\C/C=C\C/C=C\CCCCCCC(=O)OCC(O)COP(=O)(O)OCCNC(=O)CCCCCCC/C=C\C/C=C\C/C=C\CC. The molecule has 9 nitrogen and oxygen atoms in total. The number of hydrogen-bond donors (Lipinski definition) is 3. The molecule has 0 bridgehead atoms. The van der Waals surface area contributed by atoms with E-state index in [9.17, 15) is 24.2 Å². The molecule has 59 heavy (non-hydrogen) atoms. The van der Waals surface area contributed by atoms with Gasteiger partial charge in [0.25, 0.3) is 0 Å². The molecule has 2 atom stereocenters. The number of nitrogens with one attached hydrogen (secondary N) is 1. The molecule has 0 aromatic heterocycles. The molecule has 0 aromatic carbocycles. The number of esters is 1. The fourth-order valence-corrected chi connectivity index (χ4v) is 6.15. The number of carbonyl (C=O) groups excluding carboxylic acids is 2. The number of phosphoric acid groups is 1. The first-order chi connectivity index (χ1) is 28.8. The van der Waals surface area contributed by atoms with Gasteiger partial charge in [-0.25, -0.2) is 4.57 Å². The van der Waals surface area contributed by atoms with E-state index in [-0.39, 0.29) is 32.1 Å². The van der Waals surface area contributed by atoms with E-state index in [1.807, 2.05) is 0 Å². The average Bonchev–Trinajstić information content (AvgIpc) is 3.22. The zero-order chi connectivity index (χ0) is 43.2. The van der Waals surface area contributed by atoms with Gasteiger partial charge < -0.3 is 20.1 Å². The van der Waals surface area contributed by atoms with Crippen molar-refractivity contribution < 1.29 is 37.9 Å². The lowest BCUT2D eigenvalue weighted by atomic mass is 10.1. The summed E-state index contributed by atoms with van der Waals surface area (Å²) in [6.07, 6.45) is 58.7. The van der Waals surface area contributed by atoms with E-state index in [4.69, 9.17) is 13.8 Å². The van der Waals surface area contributed by atoms with Crippen LogP contribution < -0.4 is 5.32 Å². The molecule has 0 saturated carbocycles. The summed E-state index contributed by atoms with van der Waals surface area (Å²) in [5.74, 6) is -0.569. The molecule has 0 aliphatic rings. The van der Waals surface area contributed by atoms with Crippen molar-refractivity contribution in [3.05, 3.63) is 109 Å². The maximum Gasteiger partial charge on any atom is 0.472 e. The Labute approximate surface area is 358 Å². The van der Waals surface area contributed by atoms with Gasteiger partial charge in [0.1, 0.15) is 12.7 Å². The van der Waals surface area contributed by atoms with Crippen LogP contribution in [0, 0.1) is 0 Å². The number of ether oxygens (including phenoxy) is 1. The number of carbonyl (C=O) groups is 2. The smallest absolute Gasteiger partial charge is 0.463 e. The number of rotatable bonds is 40. The van der Waals surface area contributed by atoms with Gasteiger partial charge in [0, 0.05) is 19.4 Å². The minimum absolute atomic E-state index is 0.0619. The van der Waals surface area contributed by atoms with Crippen molar-refractivity contribution in [2.45, 2.75) is 161 Å². The Morgan fingerprint density at radius 1 is 0.525 bits per heavy atom. The van der Waals surface area contributed by atoms with Gasteiger partial charge in [-0.3, -0.25) is 18.6 Å². The fraction of sp³-hybridized carbons (Fsp3) is 0.592. The van der Waals surface area contributed by atoms with Gasteiger partial charge in [0.05, 0.1) is 13.2 Å².